The van der Waals surface area contributed by atoms with Crippen LogP contribution in [-0.4, -0.2) is 20.1 Å². The van der Waals surface area contributed by atoms with Crippen molar-refractivity contribution >= 4 is 34.2 Å². The zero-order valence-electron chi connectivity index (χ0n) is 8.43. The third-order valence-corrected chi connectivity index (χ3v) is 3.07. The summed E-state index contributed by atoms with van der Waals surface area (Å²) in [5.74, 6) is 0. The van der Waals surface area contributed by atoms with E-state index in [0.717, 1.165) is 9.26 Å². The van der Waals surface area contributed by atoms with Crippen molar-refractivity contribution in [2.45, 2.75) is 13.0 Å². The fourth-order valence-corrected chi connectivity index (χ4v) is 2.20. The summed E-state index contributed by atoms with van der Waals surface area (Å²) in [4.78, 5) is 0. The highest BCUT2D eigenvalue weighted by Gasteiger charge is 2.09. The molecule has 0 saturated heterocycles. The molecule has 0 radical (unpaired) electrons. The quantitative estimate of drug-likeness (QED) is 0.848. The molecule has 0 aliphatic heterocycles. The van der Waals surface area contributed by atoms with Crippen LogP contribution in [0.25, 0.3) is 5.69 Å². The first-order valence-electron chi connectivity index (χ1n) is 4.63. The number of aromatic nitrogens is 3. The van der Waals surface area contributed by atoms with Crippen LogP contribution in [0, 0.1) is 3.57 Å². The lowest BCUT2D eigenvalue weighted by Crippen LogP contribution is -1.96. The van der Waals surface area contributed by atoms with Crippen molar-refractivity contribution in [1.29, 1.82) is 0 Å². The Morgan fingerprint density at radius 1 is 1.50 bits per heavy atom. The lowest BCUT2D eigenvalue weighted by molar-refractivity contribution is 0.194. The van der Waals surface area contributed by atoms with Gasteiger partial charge in [0.2, 0.25) is 0 Å². The summed E-state index contributed by atoms with van der Waals surface area (Å²) in [6.07, 6.45) is 1.04. The van der Waals surface area contributed by atoms with Crippen LogP contribution in [0.15, 0.2) is 24.4 Å². The first-order chi connectivity index (χ1) is 7.58. The van der Waals surface area contributed by atoms with E-state index in [2.05, 4.69) is 32.9 Å². The van der Waals surface area contributed by atoms with Crippen molar-refractivity contribution in [2.24, 2.45) is 0 Å². The maximum Gasteiger partial charge on any atom is 0.111 e. The molecule has 0 amide bonds. The number of nitrogens with zero attached hydrogens (tertiary/aromatic N) is 3. The molecule has 6 heteroatoms. The van der Waals surface area contributed by atoms with Crippen LogP contribution in [0.1, 0.15) is 18.7 Å². The Morgan fingerprint density at radius 3 is 2.81 bits per heavy atom. The molecule has 0 spiro atoms. The van der Waals surface area contributed by atoms with Gasteiger partial charge in [-0.15, -0.1) is 5.10 Å². The number of hydrogen-bond donors (Lipinski definition) is 1. The van der Waals surface area contributed by atoms with E-state index in [-0.39, 0.29) is 0 Å². The summed E-state index contributed by atoms with van der Waals surface area (Å²) in [6.45, 7) is 1.64. The Bertz CT molecular complexity index is 513. The highest BCUT2D eigenvalue weighted by atomic mass is 127. The standard InChI is InChI=1S/C10H9ClIN3O/c1-6(16)9-5-15(14-13-9)10-3-2-7(12)4-8(10)11/h2-6,16H,1H3. The Kier molecular flexibility index (Phi) is 3.46. The molecule has 1 heterocycles. The molecule has 1 unspecified atom stereocenters. The fraction of sp³-hybridized carbons (Fsp3) is 0.200. The van der Waals surface area contributed by atoms with E-state index in [1.54, 1.807) is 17.8 Å². The monoisotopic (exact) mass is 349 g/mol. The Labute approximate surface area is 111 Å². The molecule has 0 bridgehead atoms. The first kappa shape index (κ1) is 11.8. The van der Waals surface area contributed by atoms with E-state index >= 15 is 0 Å². The minimum Gasteiger partial charge on any atom is -0.387 e. The summed E-state index contributed by atoms with van der Waals surface area (Å²) in [6, 6.07) is 5.65. The maximum absolute atomic E-state index is 9.35. The van der Waals surface area contributed by atoms with Gasteiger partial charge in [-0.2, -0.15) is 0 Å². The van der Waals surface area contributed by atoms with E-state index in [9.17, 15) is 5.11 Å². The molecule has 4 nitrogen and oxygen atoms in total. The van der Waals surface area contributed by atoms with Gasteiger partial charge in [-0.3, -0.25) is 0 Å². The summed E-state index contributed by atoms with van der Waals surface area (Å²) in [5.41, 5.74) is 1.27. The number of benzene rings is 1. The van der Waals surface area contributed by atoms with Crippen LogP contribution < -0.4 is 0 Å². The lowest BCUT2D eigenvalue weighted by Gasteiger charge is -2.03. The first-order valence-corrected chi connectivity index (χ1v) is 6.09. The van der Waals surface area contributed by atoms with Crippen LogP contribution in [0.3, 0.4) is 0 Å². The van der Waals surface area contributed by atoms with Crippen molar-refractivity contribution in [2.75, 3.05) is 0 Å². The summed E-state index contributed by atoms with van der Waals surface area (Å²) < 4.78 is 2.61. The van der Waals surface area contributed by atoms with Crippen molar-refractivity contribution < 1.29 is 5.11 Å². The molecule has 0 fully saturated rings. The molecule has 1 N–H and O–H groups in total. The average Bonchev–Trinajstić information content (AvgIpc) is 2.66. The largest absolute Gasteiger partial charge is 0.387 e. The SMILES string of the molecule is CC(O)c1cn(-c2ccc(I)cc2Cl)nn1. The van der Waals surface area contributed by atoms with Crippen LogP contribution >= 0.6 is 34.2 Å². The molecule has 84 valence electrons. The summed E-state index contributed by atoms with van der Waals surface area (Å²) >= 11 is 8.28. The normalized spacial score (nSPS) is 12.8. The fourth-order valence-electron chi connectivity index (χ4n) is 1.25. The molecule has 1 aromatic carbocycles. The lowest BCUT2D eigenvalue weighted by atomic mass is 10.3. The van der Waals surface area contributed by atoms with Gasteiger partial charge < -0.3 is 5.11 Å². The number of rotatable bonds is 2. The predicted molar refractivity (Wildman–Crippen MR) is 69.7 cm³/mol. The highest BCUT2D eigenvalue weighted by molar-refractivity contribution is 14.1. The van der Waals surface area contributed by atoms with Gasteiger partial charge in [0.15, 0.2) is 0 Å². The molecule has 2 aromatic rings. The second kappa shape index (κ2) is 4.68. The number of hydrogen-bond acceptors (Lipinski definition) is 3. The van der Waals surface area contributed by atoms with Crippen molar-refractivity contribution in [1.82, 2.24) is 15.0 Å². The van der Waals surface area contributed by atoms with Crippen LogP contribution in [0.2, 0.25) is 5.02 Å². The molecule has 0 saturated carbocycles. The molecule has 2 rings (SSSR count). The van der Waals surface area contributed by atoms with E-state index in [4.69, 9.17) is 11.6 Å². The van der Waals surface area contributed by atoms with Gasteiger partial charge in [0, 0.05) is 3.57 Å². The van der Waals surface area contributed by atoms with Crippen LogP contribution in [0.5, 0.6) is 0 Å². The van der Waals surface area contributed by atoms with Gasteiger partial charge in [0.05, 0.1) is 23.0 Å². The van der Waals surface area contributed by atoms with Crippen molar-refractivity contribution in [3.8, 4) is 5.69 Å². The molecule has 16 heavy (non-hydrogen) atoms. The third kappa shape index (κ3) is 2.36. The second-order valence-electron chi connectivity index (χ2n) is 3.36. The number of aliphatic hydroxyl groups is 1. The van der Waals surface area contributed by atoms with Gasteiger partial charge in [-0.25, -0.2) is 4.68 Å². The van der Waals surface area contributed by atoms with E-state index in [1.807, 2.05) is 18.2 Å². The molecule has 0 aliphatic carbocycles. The second-order valence-corrected chi connectivity index (χ2v) is 5.01. The molecule has 1 aromatic heterocycles. The maximum atomic E-state index is 9.35. The predicted octanol–water partition coefficient (Wildman–Crippen LogP) is 2.58. The summed E-state index contributed by atoms with van der Waals surface area (Å²) in [5, 5.41) is 17.7. The van der Waals surface area contributed by atoms with Gasteiger partial charge in [-0.1, -0.05) is 16.8 Å². The highest BCUT2D eigenvalue weighted by Crippen LogP contribution is 2.22. The third-order valence-electron chi connectivity index (χ3n) is 2.10. The van der Waals surface area contributed by atoms with Gasteiger partial charge in [0.1, 0.15) is 5.69 Å². The minimum absolute atomic E-state index is 0.523. The summed E-state index contributed by atoms with van der Waals surface area (Å²) in [7, 11) is 0. The van der Waals surface area contributed by atoms with Crippen molar-refractivity contribution in [3.63, 3.8) is 0 Å². The zero-order chi connectivity index (χ0) is 11.7. The van der Waals surface area contributed by atoms with Gasteiger partial charge in [-0.05, 0) is 47.7 Å². The van der Waals surface area contributed by atoms with E-state index in [0.29, 0.717) is 10.7 Å². The zero-order valence-corrected chi connectivity index (χ0v) is 11.3. The topological polar surface area (TPSA) is 50.9 Å². The van der Waals surface area contributed by atoms with Crippen LogP contribution in [-0.2, 0) is 0 Å². The van der Waals surface area contributed by atoms with Crippen LogP contribution in [0.4, 0.5) is 0 Å². The number of aliphatic hydroxyl groups excluding tert-OH is 1. The molecular formula is C10H9ClIN3O. The Balaban J connectivity index is 2.42. The Hall–Kier alpha value is -0.660. The smallest absolute Gasteiger partial charge is 0.111 e. The van der Waals surface area contributed by atoms with Crippen molar-refractivity contribution in [3.05, 3.63) is 38.7 Å². The van der Waals surface area contributed by atoms with E-state index < -0.39 is 6.10 Å². The molecule has 1 atom stereocenters. The Morgan fingerprint density at radius 2 is 2.25 bits per heavy atom. The minimum atomic E-state index is -0.628. The number of halogens is 2. The van der Waals surface area contributed by atoms with Gasteiger partial charge in [0.25, 0.3) is 0 Å². The van der Waals surface area contributed by atoms with E-state index in [1.165, 1.54) is 0 Å². The molecular weight excluding hydrogens is 340 g/mol. The average molecular weight is 350 g/mol. The van der Waals surface area contributed by atoms with Gasteiger partial charge >= 0.3 is 0 Å². The molecule has 0 aliphatic rings.